The number of carboxylic acids is 1. The van der Waals surface area contributed by atoms with E-state index < -0.39 is 5.97 Å². The zero-order valence-corrected chi connectivity index (χ0v) is 10.7. The van der Waals surface area contributed by atoms with E-state index in [1.165, 1.54) is 0 Å². The lowest BCUT2D eigenvalue weighted by Gasteiger charge is -2.28. The number of amides is 2. The molecule has 0 radical (unpaired) electrons. The molecule has 6 nitrogen and oxygen atoms in total. The Labute approximate surface area is 106 Å². The summed E-state index contributed by atoms with van der Waals surface area (Å²) in [4.78, 5) is 26.3. The second kappa shape index (κ2) is 5.56. The number of aliphatic carboxylic acids is 1. The van der Waals surface area contributed by atoms with Crippen molar-refractivity contribution in [3.8, 4) is 0 Å². The average Bonchev–Trinajstić information content (AvgIpc) is 2.96. The van der Waals surface area contributed by atoms with Crippen LogP contribution in [0.3, 0.4) is 0 Å². The highest BCUT2D eigenvalue weighted by Gasteiger charge is 2.32. The molecule has 2 saturated heterocycles. The zero-order chi connectivity index (χ0) is 13.1. The van der Waals surface area contributed by atoms with Gasteiger partial charge in [0.1, 0.15) is 0 Å². The Morgan fingerprint density at radius 2 is 2.22 bits per heavy atom. The lowest BCUT2D eigenvalue weighted by atomic mass is 10.1. The van der Waals surface area contributed by atoms with Crippen molar-refractivity contribution in [2.75, 3.05) is 33.4 Å². The predicted octanol–water partition coefficient (Wildman–Crippen LogP) is 0.624. The van der Waals surface area contributed by atoms with Crippen LogP contribution in [0.2, 0.25) is 0 Å². The van der Waals surface area contributed by atoms with E-state index >= 15 is 0 Å². The maximum Gasteiger partial charge on any atom is 0.320 e. The predicted molar refractivity (Wildman–Crippen MR) is 64.3 cm³/mol. The van der Waals surface area contributed by atoms with Gasteiger partial charge in [0.2, 0.25) is 0 Å². The average molecular weight is 256 g/mol. The maximum atomic E-state index is 12.2. The fourth-order valence-electron chi connectivity index (χ4n) is 2.63. The van der Waals surface area contributed by atoms with E-state index in [4.69, 9.17) is 9.84 Å². The normalized spacial score (nSPS) is 27.5. The van der Waals surface area contributed by atoms with Crippen molar-refractivity contribution in [3.63, 3.8) is 0 Å². The maximum absolute atomic E-state index is 12.2. The van der Waals surface area contributed by atoms with Crippen molar-refractivity contribution < 1.29 is 19.4 Å². The molecular formula is C12H20N2O4. The Morgan fingerprint density at radius 3 is 2.83 bits per heavy atom. The number of rotatable bonds is 3. The van der Waals surface area contributed by atoms with Crippen molar-refractivity contribution in [1.82, 2.24) is 9.80 Å². The number of urea groups is 1. The third-order valence-corrected chi connectivity index (χ3v) is 3.77. The molecule has 18 heavy (non-hydrogen) atoms. The highest BCUT2D eigenvalue weighted by Crippen LogP contribution is 2.22. The number of carbonyl (C=O) groups excluding carboxylic acids is 1. The van der Waals surface area contributed by atoms with Gasteiger partial charge in [0.15, 0.2) is 0 Å². The fraction of sp³-hybridized carbons (Fsp3) is 0.833. The fourth-order valence-corrected chi connectivity index (χ4v) is 2.63. The number of hydrogen-bond donors (Lipinski definition) is 1. The highest BCUT2D eigenvalue weighted by atomic mass is 16.5. The molecule has 0 bridgehead atoms. The summed E-state index contributed by atoms with van der Waals surface area (Å²) < 4.78 is 5.27. The number of carbonyl (C=O) groups is 2. The molecule has 1 N–H and O–H groups in total. The van der Waals surface area contributed by atoms with Crippen LogP contribution in [0.4, 0.5) is 4.79 Å². The summed E-state index contributed by atoms with van der Waals surface area (Å²) >= 11 is 0. The van der Waals surface area contributed by atoms with Crippen LogP contribution >= 0.6 is 0 Å². The van der Waals surface area contributed by atoms with E-state index in [1.807, 2.05) is 0 Å². The van der Waals surface area contributed by atoms with Gasteiger partial charge in [-0.1, -0.05) is 0 Å². The minimum Gasteiger partial charge on any atom is -0.481 e. The van der Waals surface area contributed by atoms with E-state index in [0.717, 1.165) is 12.8 Å². The molecule has 2 aliphatic rings. The van der Waals surface area contributed by atoms with Crippen LogP contribution in [0.5, 0.6) is 0 Å². The van der Waals surface area contributed by atoms with Gasteiger partial charge in [-0.25, -0.2) is 4.79 Å². The summed E-state index contributed by atoms with van der Waals surface area (Å²) in [5, 5.41) is 8.75. The van der Waals surface area contributed by atoms with Crippen LogP contribution in [0.15, 0.2) is 0 Å². The molecule has 2 rings (SSSR count). The molecule has 0 spiro atoms. The van der Waals surface area contributed by atoms with Gasteiger partial charge in [-0.15, -0.1) is 0 Å². The molecule has 6 heteroatoms. The van der Waals surface area contributed by atoms with Gasteiger partial charge in [-0.2, -0.15) is 0 Å². The van der Waals surface area contributed by atoms with E-state index in [1.54, 1.807) is 16.8 Å². The number of nitrogens with zero attached hydrogens (tertiary/aromatic N) is 2. The summed E-state index contributed by atoms with van der Waals surface area (Å²) in [6.07, 6.45) is 1.82. The van der Waals surface area contributed by atoms with Crippen LogP contribution < -0.4 is 0 Å². The lowest BCUT2D eigenvalue weighted by Crippen LogP contribution is -2.45. The first kappa shape index (κ1) is 13.1. The molecule has 0 aliphatic carbocycles. The van der Waals surface area contributed by atoms with Crippen molar-refractivity contribution in [2.45, 2.75) is 25.3 Å². The van der Waals surface area contributed by atoms with E-state index in [9.17, 15) is 9.59 Å². The summed E-state index contributed by atoms with van der Waals surface area (Å²) in [6.45, 7) is 2.54. The minimum atomic E-state index is -0.785. The summed E-state index contributed by atoms with van der Waals surface area (Å²) in [7, 11) is 1.80. The van der Waals surface area contributed by atoms with Gasteiger partial charge in [-0.3, -0.25) is 4.79 Å². The molecule has 0 saturated carbocycles. The van der Waals surface area contributed by atoms with Crippen LogP contribution in [-0.2, 0) is 9.53 Å². The minimum absolute atomic E-state index is 0.00149. The quantitative estimate of drug-likeness (QED) is 0.803. The first-order valence-electron chi connectivity index (χ1n) is 6.39. The van der Waals surface area contributed by atoms with E-state index in [0.29, 0.717) is 26.3 Å². The summed E-state index contributed by atoms with van der Waals surface area (Å²) in [5.74, 6) is -0.688. The topological polar surface area (TPSA) is 70.1 Å². The number of likely N-dealkylation sites (N-methyl/N-ethyl adjacent to an activating group) is 1. The molecule has 2 heterocycles. The third kappa shape index (κ3) is 2.93. The monoisotopic (exact) mass is 256 g/mol. The number of hydrogen-bond acceptors (Lipinski definition) is 3. The second-order valence-electron chi connectivity index (χ2n) is 5.11. The number of carboxylic acid groups (broad SMARTS) is 1. The number of ether oxygens (including phenoxy) is 1. The molecule has 0 aromatic heterocycles. The molecular weight excluding hydrogens is 236 g/mol. The largest absolute Gasteiger partial charge is 0.481 e. The lowest BCUT2D eigenvalue weighted by molar-refractivity contribution is -0.138. The Morgan fingerprint density at radius 1 is 1.44 bits per heavy atom. The highest BCUT2D eigenvalue weighted by molar-refractivity contribution is 5.75. The Kier molecular flexibility index (Phi) is 4.06. The molecule has 102 valence electrons. The van der Waals surface area contributed by atoms with E-state index in [-0.39, 0.29) is 24.4 Å². The van der Waals surface area contributed by atoms with Crippen molar-refractivity contribution in [3.05, 3.63) is 0 Å². The van der Waals surface area contributed by atoms with Gasteiger partial charge in [0.25, 0.3) is 0 Å². The Hall–Kier alpha value is -1.30. The zero-order valence-electron chi connectivity index (χ0n) is 10.7. The Balaban J connectivity index is 1.84. The van der Waals surface area contributed by atoms with Gasteiger partial charge in [0.05, 0.1) is 12.6 Å². The first-order valence-corrected chi connectivity index (χ1v) is 6.39. The van der Waals surface area contributed by atoms with Crippen LogP contribution in [-0.4, -0.2) is 66.3 Å². The van der Waals surface area contributed by atoms with Crippen LogP contribution in [0, 0.1) is 5.92 Å². The van der Waals surface area contributed by atoms with Gasteiger partial charge in [-0.05, 0) is 18.8 Å². The number of likely N-dealkylation sites (tertiary alicyclic amines) is 1. The third-order valence-electron chi connectivity index (χ3n) is 3.77. The van der Waals surface area contributed by atoms with Crippen LogP contribution in [0.25, 0.3) is 0 Å². The smallest absolute Gasteiger partial charge is 0.320 e. The first-order chi connectivity index (χ1) is 8.58. The van der Waals surface area contributed by atoms with Gasteiger partial charge in [0, 0.05) is 33.2 Å². The molecule has 0 aromatic rings. The standard InChI is InChI=1S/C12H20N2O4/c1-13(10-3-5-18-8-10)12(17)14-4-2-9(7-14)6-11(15)16/h9-10H,2-8H2,1H3,(H,15,16). The van der Waals surface area contributed by atoms with Gasteiger partial charge < -0.3 is 19.6 Å². The summed E-state index contributed by atoms with van der Waals surface area (Å²) in [5.41, 5.74) is 0. The summed E-state index contributed by atoms with van der Waals surface area (Å²) in [6, 6.07) is 0.161. The van der Waals surface area contributed by atoms with Crippen molar-refractivity contribution in [2.24, 2.45) is 5.92 Å². The SMILES string of the molecule is CN(C(=O)N1CCC(CC(=O)O)C1)C1CCOC1. The van der Waals surface area contributed by atoms with Crippen LogP contribution in [0.1, 0.15) is 19.3 Å². The van der Waals surface area contributed by atoms with E-state index in [2.05, 4.69) is 0 Å². The molecule has 2 aliphatic heterocycles. The molecule has 2 atom stereocenters. The van der Waals surface area contributed by atoms with Crippen molar-refractivity contribution >= 4 is 12.0 Å². The molecule has 2 amide bonds. The Bertz CT molecular complexity index is 328. The second-order valence-corrected chi connectivity index (χ2v) is 5.11. The molecule has 2 fully saturated rings. The molecule has 0 aromatic carbocycles. The van der Waals surface area contributed by atoms with Gasteiger partial charge >= 0.3 is 12.0 Å². The van der Waals surface area contributed by atoms with Crippen molar-refractivity contribution in [1.29, 1.82) is 0 Å². The molecule has 2 unspecified atom stereocenters.